The van der Waals surface area contributed by atoms with Crippen LogP contribution in [0.5, 0.6) is 28.7 Å². The van der Waals surface area contributed by atoms with Gasteiger partial charge in [-0.25, -0.2) is 4.79 Å². The second-order valence-corrected chi connectivity index (χ2v) is 11.3. The van der Waals surface area contributed by atoms with Crippen LogP contribution in [0.15, 0.2) is 30.3 Å². The van der Waals surface area contributed by atoms with E-state index in [9.17, 15) is 24.0 Å². The van der Waals surface area contributed by atoms with E-state index in [1.54, 1.807) is 30.3 Å². The minimum Gasteiger partial charge on any atom is -0.493 e. The zero-order valence-corrected chi connectivity index (χ0v) is 27.7. The average Bonchev–Trinajstić information content (AvgIpc) is 3.69. The lowest BCUT2D eigenvalue weighted by Gasteiger charge is -2.43. The van der Waals surface area contributed by atoms with Crippen molar-refractivity contribution in [1.29, 1.82) is 0 Å². The Bertz CT molecular complexity index is 1900. The first-order valence-electron chi connectivity index (χ1n) is 15.2. The number of fused-ring (bicyclic) bond motifs is 3. The molecule has 0 spiro atoms. The predicted octanol–water partition coefficient (Wildman–Crippen LogP) is 3.34. The number of ether oxygens (including phenoxy) is 11. The number of cyclic esters (lactones) is 1. The summed E-state index contributed by atoms with van der Waals surface area (Å²) in [6, 6.07) is 8.46. The number of methoxy groups -OCH3 is 2. The highest BCUT2D eigenvalue weighted by Gasteiger charge is 2.55. The highest BCUT2D eigenvalue weighted by atomic mass is 16.8. The average molecular weight is 697 g/mol. The second-order valence-electron chi connectivity index (χ2n) is 11.3. The Balaban J connectivity index is 1.58. The minimum absolute atomic E-state index is 0.0301. The van der Waals surface area contributed by atoms with E-state index < -0.39 is 60.7 Å². The van der Waals surface area contributed by atoms with E-state index in [2.05, 4.69) is 0 Å². The van der Waals surface area contributed by atoms with Gasteiger partial charge in [0.1, 0.15) is 12.4 Å². The lowest BCUT2D eigenvalue weighted by molar-refractivity contribution is -0.328. The normalized spacial score (nSPS) is 21.8. The highest BCUT2D eigenvalue weighted by molar-refractivity contribution is 6.14. The fourth-order valence-electron chi connectivity index (χ4n) is 6.10. The summed E-state index contributed by atoms with van der Waals surface area (Å²) in [4.78, 5) is 62.5. The summed E-state index contributed by atoms with van der Waals surface area (Å²) >= 11 is 0. The van der Waals surface area contributed by atoms with Crippen LogP contribution >= 0.6 is 0 Å². The van der Waals surface area contributed by atoms with Crippen molar-refractivity contribution in [3.05, 3.63) is 41.5 Å². The lowest BCUT2D eigenvalue weighted by Crippen LogP contribution is -2.63. The van der Waals surface area contributed by atoms with E-state index in [1.807, 2.05) is 0 Å². The maximum Gasteiger partial charge on any atom is 0.339 e. The molecule has 0 unspecified atom stereocenters. The Kier molecular flexibility index (Phi) is 9.29. The summed E-state index contributed by atoms with van der Waals surface area (Å²) in [5.74, 6) is -2.40. The number of rotatable bonds is 9. The molecule has 3 aliphatic rings. The van der Waals surface area contributed by atoms with Crippen LogP contribution in [0.1, 0.15) is 43.6 Å². The Hall–Kier alpha value is -5.77. The minimum atomic E-state index is -1.70. The molecule has 50 heavy (non-hydrogen) atoms. The van der Waals surface area contributed by atoms with Crippen LogP contribution < -0.4 is 23.7 Å². The van der Waals surface area contributed by atoms with Crippen LogP contribution in [-0.4, -0.2) is 81.8 Å². The molecule has 5 atom stereocenters. The van der Waals surface area contributed by atoms with Crippen molar-refractivity contribution in [1.82, 2.24) is 0 Å². The maximum atomic E-state index is 13.5. The molecule has 0 aliphatic carbocycles. The Labute approximate surface area is 284 Å². The lowest BCUT2D eigenvalue weighted by atomic mass is 9.89. The Morgan fingerprint density at radius 2 is 1.24 bits per heavy atom. The summed E-state index contributed by atoms with van der Waals surface area (Å²) in [7, 11) is 2.89. The highest BCUT2D eigenvalue weighted by Crippen LogP contribution is 2.50. The first-order chi connectivity index (χ1) is 23.9. The molecule has 1 fully saturated rings. The largest absolute Gasteiger partial charge is 0.493 e. The van der Waals surface area contributed by atoms with Crippen LogP contribution in [0.25, 0.3) is 21.9 Å². The molecule has 0 aromatic heterocycles. The molecule has 0 radical (unpaired) electrons. The number of carbonyl (C=O) groups is 5. The number of hydrogen-bond acceptors (Lipinski definition) is 16. The third kappa shape index (κ3) is 6.36. The van der Waals surface area contributed by atoms with Crippen molar-refractivity contribution in [2.24, 2.45) is 0 Å². The van der Waals surface area contributed by atoms with Gasteiger partial charge in [0.15, 0.2) is 29.1 Å². The molecule has 16 nitrogen and oxygen atoms in total. The molecule has 6 rings (SSSR count). The van der Waals surface area contributed by atoms with Crippen LogP contribution in [0.4, 0.5) is 0 Å². The number of esters is 5. The van der Waals surface area contributed by atoms with Crippen molar-refractivity contribution in [3.63, 3.8) is 0 Å². The fraction of sp³-hybridized carbons (Fsp3) is 0.382. The van der Waals surface area contributed by atoms with Gasteiger partial charge in [0.2, 0.25) is 31.6 Å². The van der Waals surface area contributed by atoms with Crippen LogP contribution in [0.3, 0.4) is 0 Å². The van der Waals surface area contributed by atoms with Crippen LogP contribution in [0.2, 0.25) is 0 Å². The number of hydrogen-bond donors (Lipinski definition) is 0. The van der Waals surface area contributed by atoms with Gasteiger partial charge < -0.3 is 47.4 Å². The quantitative estimate of drug-likeness (QED) is 0.234. The molecule has 3 aromatic carbocycles. The van der Waals surface area contributed by atoms with Crippen molar-refractivity contribution in [3.8, 4) is 39.9 Å². The summed E-state index contributed by atoms with van der Waals surface area (Å²) < 4.78 is 62.1. The van der Waals surface area contributed by atoms with Gasteiger partial charge in [0.05, 0.1) is 19.8 Å². The smallest absolute Gasteiger partial charge is 0.339 e. The molecular formula is C34H32O16. The molecule has 0 N–H and O–H groups in total. The van der Waals surface area contributed by atoms with Gasteiger partial charge >= 0.3 is 29.8 Å². The fourth-order valence-corrected chi connectivity index (χ4v) is 6.10. The van der Waals surface area contributed by atoms with E-state index in [1.165, 1.54) is 14.2 Å². The third-order valence-electron chi connectivity index (χ3n) is 7.95. The second kappa shape index (κ2) is 13.6. The van der Waals surface area contributed by atoms with Gasteiger partial charge in [-0.3, -0.25) is 23.9 Å². The molecular weight excluding hydrogens is 664 g/mol. The predicted molar refractivity (Wildman–Crippen MR) is 165 cm³/mol. The van der Waals surface area contributed by atoms with Gasteiger partial charge in [-0.2, -0.15) is 0 Å². The van der Waals surface area contributed by atoms with Gasteiger partial charge in [-0.1, -0.05) is 6.07 Å². The van der Waals surface area contributed by atoms with Crippen molar-refractivity contribution < 1.29 is 76.1 Å². The topological polar surface area (TPSA) is 187 Å². The number of benzene rings is 3. The zero-order valence-electron chi connectivity index (χ0n) is 27.7. The zero-order chi connectivity index (χ0) is 35.9. The first kappa shape index (κ1) is 34.1. The molecule has 16 heteroatoms. The van der Waals surface area contributed by atoms with Gasteiger partial charge in [-0.05, 0) is 35.2 Å². The van der Waals surface area contributed by atoms with Crippen molar-refractivity contribution in [2.45, 2.75) is 65.2 Å². The van der Waals surface area contributed by atoms with Gasteiger partial charge in [0, 0.05) is 44.2 Å². The summed E-state index contributed by atoms with van der Waals surface area (Å²) in [6.45, 7) is 4.13. The summed E-state index contributed by atoms with van der Waals surface area (Å²) in [5.41, 5.74) is 1.46. The standard InChI is InChI=1S/C34H32O16/c1-14(35)45-29-30(46-15(2)36)33(48-17(4)38)50-34(31(29)47-16(3)37)49-28-20-11-24(41-6)23(40-5)10-19(20)26(27-21(28)12-42-32(27)39)18-7-8-22-25(9-18)44-13-43-22/h7-11,29-31,33-34H,12-13H2,1-6H3/t29-,30+,31+,33-,34+/m0/s1. The van der Waals surface area contributed by atoms with Gasteiger partial charge in [-0.15, -0.1) is 0 Å². The third-order valence-corrected chi connectivity index (χ3v) is 7.95. The van der Waals surface area contributed by atoms with E-state index in [-0.39, 0.29) is 30.3 Å². The van der Waals surface area contributed by atoms with Crippen LogP contribution in [-0.2, 0) is 54.2 Å². The number of carbonyl (C=O) groups excluding carboxylic acids is 5. The van der Waals surface area contributed by atoms with E-state index in [4.69, 9.17) is 52.1 Å². The summed E-state index contributed by atoms with van der Waals surface area (Å²) in [6.07, 6.45) is -8.13. The first-order valence-corrected chi connectivity index (χ1v) is 15.2. The Morgan fingerprint density at radius 1 is 0.660 bits per heavy atom. The van der Waals surface area contributed by atoms with E-state index >= 15 is 0 Å². The van der Waals surface area contributed by atoms with E-state index in [0.29, 0.717) is 44.9 Å². The maximum absolute atomic E-state index is 13.5. The molecule has 0 bridgehead atoms. The van der Waals surface area contributed by atoms with E-state index in [0.717, 1.165) is 27.7 Å². The monoisotopic (exact) mass is 696 g/mol. The molecule has 3 aromatic rings. The molecule has 0 saturated carbocycles. The molecule has 3 aliphatic heterocycles. The SMILES string of the molecule is COc1cc2c(O[C@@H]3O[C@H](OC(C)=O)[C@H](OC(C)=O)[C@H](OC(C)=O)[C@H]3OC(C)=O)c3c(c(-c4ccc5c(c4)OCO5)c2cc1OC)C(=O)OC3. The molecule has 264 valence electrons. The molecule has 1 saturated heterocycles. The molecule has 0 amide bonds. The Morgan fingerprint density at radius 3 is 1.86 bits per heavy atom. The van der Waals surface area contributed by atoms with Crippen LogP contribution in [0, 0.1) is 0 Å². The molecule has 3 heterocycles. The summed E-state index contributed by atoms with van der Waals surface area (Å²) in [5, 5.41) is 0.813. The van der Waals surface area contributed by atoms with Gasteiger partial charge in [0.25, 0.3) is 0 Å². The van der Waals surface area contributed by atoms with Crippen molar-refractivity contribution >= 4 is 40.6 Å². The van der Waals surface area contributed by atoms with Crippen molar-refractivity contribution in [2.75, 3.05) is 21.0 Å².